The Bertz CT molecular complexity index is 397. The molecule has 1 heterocycles. The lowest BCUT2D eigenvalue weighted by Gasteiger charge is -2.22. The van der Waals surface area contributed by atoms with Crippen LogP contribution in [0.5, 0.6) is 5.75 Å². The summed E-state index contributed by atoms with van der Waals surface area (Å²) in [5.41, 5.74) is 0.571. The van der Waals surface area contributed by atoms with Crippen LogP contribution in [0.3, 0.4) is 0 Å². The first-order valence-corrected chi connectivity index (χ1v) is 5.94. The molecule has 1 aromatic rings. The lowest BCUT2D eigenvalue weighted by Crippen LogP contribution is -2.36. The molecule has 3 unspecified atom stereocenters. The van der Waals surface area contributed by atoms with Gasteiger partial charge in [0, 0.05) is 30.3 Å². The van der Waals surface area contributed by atoms with Crippen molar-refractivity contribution in [2.45, 2.75) is 38.5 Å². The van der Waals surface area contributed by atoms with Crippen molar-refractivity contribution < 1.29 is 14.2 Å². The number of ether oxygens (including phenoxy) is 1. The molecule has 0 aromatic heterocycles. The van der Waals surface area contributed by atoms with Crippen LogP contribution in [0, 0.1) is 5.82 Å². The standard InChI is InChI=1S/C13H18FNO2/c1-8(15-13-5-6-17-9(13)2)11-4-3-10(16)7-12(11)14/h3-4,7-9,13,15-16H,5-6H2,1-2H3. The maximum absolute atomic E-state index is 13.6. The molecule has 17 heavy (non-hydrogen) atoms. The molecule has 1 saturated heterocycles. The molecule has 0 bridgehead atoms. The second-order valence-electron chi connectivity index (χ2n) is 4.57. The van der Waals surface area contributed by atoms with E-state index < -0.39 is 0 Å². The predicted molar refractivity (Wildman–Crippen MR) is 63.4 cm³/mol. The zero-order valence-electron chi connectivity index (χ0n) is 10.1. The van der Waals surface area contributed by atoms with Gasteiger partial charge >= 0.3 is 0 Å². The van der Waals surface area contributed by atoms with Crippen molar-refractivity contribution in [3.05, 3.63) is 29.6 Å². The zero-order chi connectivity index (χ0) is 12.4. The maximum atomic E-state index is 13.6. The molecule has 1 aliphatic rings. The van der Waals surface area contributed by atoms with Gasteiger partial charge in [-0.1, -0.05) is 6.07 Å². The SMILES string of the molecule is CC(NC1CCOC1C)c1ccc(O)cc1F. The van der Waals surface area contributed by atoms with Crippen molar-refractivity contribution >= 4 is 0 Å². The van der Waals surface area contributed by atoms with Crippen LogP contribution in [0.25, 0.3) is 0 Å². The third-order valence-electron chi connectivity index (χ3n) is 3.29. The Labute approximate surface area is 101 Å². The van der Waals surface area contributed by atoms with Crippen LogP contribution in [-0.4, -0.2) is 23.9 Å². The first-order chi connectivity index (χ1) is 8.08. The summed E-state index contributed by atoms with van der Waals surface area (Å²) in [4.78, 5) is 0. The highest BCUT2D eigenvalue weighted by Gasteiger charge is 2.26. The molecule has 94 valence electrons. The highest BCUT2D eigenvalue weighted by Crippen LogP contribution is 2.23. The van der Waals surface area contributed by atoms with Gasteiger partial charge in [-0.3, -0.25) is 0 Å². The normalized spacial score (nSPS) is 26.1. The lowest BCUT2D eigenvalue weighted by atomic mass is 10.0. The van der Waals surface area contributed by atoms with E-state index in [4.69, 9.17) is 9.84 Å². The summed E-state index contributed by atoms with van der Waals surface area (Å²) >= 11 is 0. The minimum absolute atomic E-state index is 0.0454. The maximum Gasteiger partial charge on any atom is 0.131 e. The number of rotatable bonds is 3. The molecule has 0 amide bonds. The number of nitrogens with one attached hydrogen (secondary N) is 1. The molecular formula is C13H18FNO2. The van der Waals surface area contributed by atoms with Crippen molar-refractivity contribution in [2.75, 3.05) is 6.61 Å². The Hall–Kier alpha value is -1.13. The van der Waals surface area contributed by atoms with Gasteiger partial charge in [-0.15, -0.1) is 0 Å². The largest absolute Gasteiger partial charge is 0.508 e. The summed E-state index contributed by atoms with van der Waals surface area (Å²) in [5.74, 6) is -0.424. The third-order valence-corrected chi connectivity index (χ3v) is 3.29. The summed E-state index contributed by atoms with van der Waals surface area (Å²) in [6.45, 7) is 4.69. The van der Waals surface area contributed by atoms with Gasteiger partial charge in [-0.05, 0) is 26.3 Å². The van der Waals surface area contributed by atoms with Gasteiger partial charge in [0.1, 0.15) is 11.6 Å². The molecule has 0 radical (unpaired) electrons. The van der Waals surface area contributed by atoms with E-state index in [1.54, 1.807) is 6.07 Å². The van der Waals surface area contributed by atoms with Crippen molar-refractivity contribution in [3.63, 3.8) is 0 Å². The van der Waals surface area contributed by atoms with Crippen molar-refractivity contribution in [3.8, 4) is 5.75 Å². The van der Waals surface area contributed by atoms with E-state index in [-0.39, 0.29) is 29.8 Å². The molecule has 1 aromatic carbocycles. The topological polar surface area (TPSA) is 41.5 Å². The Balaban J connectivity index is 2.06. The number of hydrogen-bond acceptors (Lipinski definition) is 3. The van der Waals surface area contributed by atoms with Crippen LogP contribution in [0.1, 0.15) is 31.9 Å². The second-order valence-corrected chi connectivity index (χ2v) is 4.57. The Morgan fingerprint density at radius 2 is 2.29 bits per heavy atom. The fourth-order valence-corrected chi connectivity index (χ4v) is 2.23. The number of hydrogen-bond donors (Lipinski definition) is 2. The Kier molecular flexibility index (Phi) is 3.64. The first-order valence-electron chi connectivity index (χ1n) is 5.94. The minimum atomic E-state index is -0.378. The van der Waals surface area contributed by atoms with Crippen LogP contribution in [0.15, 0.2) is 18.2 Å². The summed E-state index contributed by atoms with van der Waals surface area (Å²) < 4.78 is 19.1. The zero-order valence-corrected chi connectivity index (χ0v) is 10.1. The number of phenols is 1. The van der Waals surface area contributed by atoms with Gasteiger partial charge in [0.2, 0.25) is 0 Å². The average Bonchev–Trinajstić information content (AvgIpc) is 2.64. The first kappa shape index (κ1) is 12.3. The van der Waals surface area contributed by atoms with Gasteiger partial charge in [-0.2, -0.15) is 0 Å². The van der Waals surface area contributed by atoms with Crippen molar-refractivity contribution in [2.24, 2.45) is 0 Å². The summed E-state index contributed by atoms with van der Waals surface area (Å²) in [6, 6.07) is 4.43. The third kappa shape index (κ3) is 2.76. The van der Waals surface area contributed by atoms with Crippen LogP contribution in [0.2, 0.25) is 0 Å². The van der Waals surface area contributed by atoms with E-state index in [2.05, 4.69) is 5.32 Å². The number of halogens is 1. The van der Waals surface area contributed by atoms with Gasteiger partial charge < -0.3 is 15.2 Å². The van der Waals surface area contributed by atoms with Crippen molar-refractivity contribution in [1.29, 1.82) is 0 Å². The van der Waals surface area contributed by atoms with Crippen LogP contribution < -0.4 is 5.32 Å². The van der Waals surface area contributed by atoms with Gasteiger partial charge in [0.25, 0.3) is 0 Å². The molecule has 3 nitrogen and oxygen atoms in total. The molecule has 0 aliphatic carbocycles. The molecule has 1 fully saturated rings. The molecule has 1 aliphatic heterocycles. The molecular weight excluding hydrogens is 221 g/mol. The van der Waals surface area contributed by atoms with E-state index in [0.717, 1.165) is 19.1 Å². The van der Waals surface area contributed by atoms with E-state index in [1.165, 1.54) is 6.07 Å². The Morgan fingerprint density at radius 3 is 2.88 bits per heavy atom. The fourth-order valence-electron chi connectivity index (χ4n) is 2.23. The predicted octanol–water partition coefficient (Wildman–Crippen LogP) is 2.36. The second kappa shape index (κ2) is 5.02. The van der Waals surface area contributed by atoms with Gasteiger partial charge in [0.15, 0.2) is 0 Å². The number of aromatic hydroxyl groups is 1. The molecule has 2 N–H and O–H groups in total. The van der Waals surface area contributed by atoms with E-state index in [0.29, 0.717) is 5.56 Å². The highest BCUT2D eigenvalue weighted by atomic mass is 19.1. The monoisotopic (exact) mass is 239 g/mol. The van der Waals surface area contributed by atoms with Crippen LogP contribution in [0.4, 0.5) is 4.39 Å². The van der Waals surface area contributed by atoms with Gasteiger partial charge in [-0.25, -0.2) is 4.39 Å². The number of phenolic OH excluding ortho intramolecular Hbond substituents is 1. The summed E-state index contributed by atoms with van der Waals surface area (Å²) in [6.07, 6.45) is 1.11. The molecule has 0 saturated carbocycles. The van der Waals surface area contributed by atoms with Crippen molar-refractivity contribution in [1.82, 2.24) is 5.32 Å². The minimum Gasteiger partial charge on any atom is -0.508 e. The summed E-state index contributed by atoms with van der Waals surface area (Å²) in [7, 11) is 0. The van der Waals surface area contributed by atoms with Gasteiger partial charge in [0.05, 0.1) is 6.10 Å². The van der Waals surface area contributed by atoms with E-state index in [1.807, 2.05) is 13.8 Å². The van der Waals surface area contributed by atoms with E-state index >= 15 is 0 Å². The quantitative estimate of drug-likeness (QED) is 0.850. The van der Waals surface area contributed by atoms with E-state index in [9.17, 15) is 4.39 Å². The fraction of sp³-hybridized carbons (Fsp3) is 0.538. The molecule has 3 atom stereocenters. The molecule has 0 spiro atoms. The van der Waals surface area contributed by atoms with Crippen LogP contribution >= 0.6 is 0 Å². The number of benzene rings is 1. The highest BCUT2D eigenvalue weighted by molar-refractivity contribution is 5.29. The smallest absolute Gasteiger partial charge is 0.131 e. The molecule has 2 rings (SSSR count). The molecule has 4 heteroatoms. The average molecular weight is 239 g/mol. The summed E-state index contributed by atoms with van der Waals surface area (Å²) in [5, 5.41) is 12.5. The Morgan fingerprint density at radius 1 is 1.53 bits per heavy atom. The van der Waals surface area contributed by atoms with Crippen LogP contribution in [-0.2, 0) is 4.74 Å². The lowest BCUT2D eigenvalue weighted by molar-refractivity contribution is 0.111.